The van der Waals surface area contributed by atoms with E-state index >= 15 is 0 Å². The van der Waals surface area contributed by atoms with Crippen molar-refractivity contribution in [2.24, 2.45) is 0 Å². The summed E-state index contributed by atoms with van der Waals surface area (Å²) in [6.45, 7) is 5.61. The lowest BCUT2D eigenvalue weighted by Gasteiger charge is -2.06. The van der Waals surface area contributed by atoms with Crippen molar-refractivity contribution in [1.29, 1.82) is 0 Å². The number of carboxylic acid groups (broad SMARTS) is 1. The van der Waals surface area contributed by atoms with E-state index in [1.165, 1.54) is 0 Å². The maximum absolute atomic E-state index is 10.8. The van der Waals surface area contributed by atoms with Gasteiger partial charge in [-0.1, -0.05) is 31.7 Å². The summed E-state index contributed by atoms with van der Waals surface area (Å²) in [4.78, 5) is 10.8. The van der Waals surface area contributed by atoms with Gasteiger partial charge in [0.15, 0.2) is 0 Å². The zero-order chi connectivity index (χ0) is 9.84. The standard InChI is InChI=1S/C11H12O2/c1-3-8-6-5-7-10(11(12)13)9(8)4-2/h4-7H,2-3H2,1H3,(H,12,13). The first kappa shape index (κ1) is 9.52. The number of carbonyl (C=O) groups is 1. The summed E-state index contributed by atoms with van der Waals surface area (Å²) in [5.41, 5.74) is 2.08. The molecule has 0 bridgehead atoms. The summed E-state index contributed by atoms with van der Waals surface area (Å²) in [6, 6.07) is 5.28. The van der Waals surface area contributed by atoms with Gasteiger partial charge >= 0.3 is 5.97 Å². The molecule has 0 saturated heterocycles. The van der Waals surface area contributed by atoms with Crippen molar-refractivity contribution in [3.8, 4) is 0 Å². The van der Waals surface area contributed by atoms with Crippen LogP contribution in [0.5, 0.6) is 0 Å². The monoisotopic (exact) mass is 176 g/mol. The average molecular weight is 176 g/mol. The second-order valence-corrected chi connectivity index (χ2v) is 2.74. The molecule has 0 amide bonds. The Bertz CT molecular complexity index is 340. The van der Waals surface area contributed by atoms with Gasteiger partial charge < -0.3 is 5.11 Å². The summed E-state index contributed by atoms with van der Waals surface area (Å²) in [5.74, 6) is -0.898. The quantitative estimate of drug-likeness (QED) is 0.768. The molecule has 0 aliphatic heterocycles. The van der Waals surface area contributed by atoms with Gasteiger partial charge in [0.1, 0.15) is 0 Å². The molecule has 1 aromatic rings. The molecule has 13 heavy (non-hydrogen) atoms. The molecule has 0 fully saturated rings. The first-order chi connectivity index (χ1) is 6.20. The number of benzene rings is 1. The Balaban J connectivity index is 3.35. The minimum atomic E-state index is -0.898. The molecular weight excluding hydrogens is 164 g/mol. The molecule has 0 unspecified atom stereocenters. The van der Waals surface area contributed by atoms with Gasteiger partial charge in [-0.15, -0.1) is 0 Å². The normalized spacial score (nSPS) is 9.62. The fourth-order valence-corrected chi connectivity index (χ4v) is 1.35. The van der Waals surface area contributed by atoms with Crippen molar-refractivity contribution in [1.82, 2.24) is 0 Å². The molecule has 0 heterocycles. The van der Waals surface area contributed by atoms with Crippen LogP contribution in [0.3, 0.4) is 0 Å². The Morgan fingerprint density at radius 3 is 2.77 bits per heavy atom. The molecule has 0 aromatic heterocycles. The summed E-state index contributed by atoms with van der Waals surface area (Å²) < 4.78 is 0. The van der Waals surface area contributed by atoms with E-state index in [9.17, 15) is 4.79 Å². The first-order valence-corrected chi connectivity index (χ1v) is 4.18. The van der Waals surface area contributed by atoms with Crippen LogP contribution in [0.2, 0.25) is 0 Å². The number of carboxylic acids is 1. The van der Waals surface area contributed by atoms with Gasteiger partial charge in [0, 0.05) is 0 Å². The predicted molar refractivity (Wildman–Crippen MR) is 52.9 cm³/mol. The molecule has 2 heteroatoms. The van der Waals surface area contributed by atoms with Crippen molar-refractivity contribution < 1.29 is 9.90 Å². The summed E-state index contributed by atoms with van der Waals surface area (Å²) in [5, 5.41) is 8.87. The molecule has 0 atom stereocenters. The lowest BCUT2D eigenvalue weighted by atomic mass is 9.99. The van der Waals surface area contributed by atoms with Crippen LogP contribution >= 0.6 is 0 Å². The maximum Gasteiger partial charge on any atom is 0.336 e. The highest BCUT2D eigenvalue weighted by molar-refractivity contribution is 5.92. The van der Waals surface area contributed by atoms with Gasteiger partial charge in [0.25, 0.3) is 0 Å². The van der Waals surface area contributed by atoms with E-state index in [0.29, 0.717) is 5.56 Å². The van der Waals surface area contributed by atoms with E-state index in [1.807, 2.05) is 13.0 Å². The van der Waals surface area contributed by atoms with Gasteiger partial charge in [-0.25, -0.2) is 4.79 Å². The number of aromatic carboxylic acids is 1. The van der Waals surface area contributed by atoms with Crippen LogP contribution < -0.4 is 0 Å². The largest absolute Gasteiger partial charge is 0.478 e. The number of hydrogen-bond acceptors (Lipinski definition) is 1. The zero-order valence-corrected chi connectivity index (χ0v) is 7.58. The number of hydrogen-bond donors (Lipinski definition) is 1. The van der Waals surface area contributed by atoms with Gasteiger partial charge in [0.2, 0.25) is 0 Å². The predicted octanol–water partition coefficient (Wildman–Crippen LogP) is 2.59. The Hall–Kier alpha value is -1.57. The van der Waals surface area contributed by atoms with Gasteiger partial charge in [-0.2, -0.15) is 0 Å². The Kier molecular flexibility index (Phi) is 2.85. The van der Waals surface area contributed by atoms with Gasteiger partial charge in [-0.3, -0.25) is 0 Å². The molecule has 1 rings (SSSR count). The fraction of sp³-hybridized carbons (Fsp3) is 0.182. The highest BCUT2D eigenvalue weighted by Gasteiger charge is 2.09. The van der Waals surface area contributed by atoms with Crippen LogP contribution in [-0.4, -0.2) is 11.1 Å². The molecule has 1 aromatic carbocycles. The van der Waals surface area contributed by atoms with E-state index < -0.39 is 5.97 Å². The van der Waals surface area contributed by atoms with E-state index in [2.05, 4.69) is 6.58 Å². The Morgan fingerprint density at radius 1 is 1.62 bits per heavy atom. The molecule has 0 radical (unpaired) electrons. The third kappa shape index (κ3) is 1.78. The Morgan fingerprint density at radius 2 is 2.31 bits per heavy atom. The van der Waals surface area contributed by atoms with Crippen molar-refractivity contribution in [2.45, 2.75) is 13.3 Å². The molecule has 0 aliphatic rings. The molecule has 0 spiro atoms. The van der Waals surface area contributed by atoms with Crippen LogP contribution in [0.4, 0.5) is 0 Å². The smallest absolute Gasteiger partial charge is 0.336 e. The summed E-state index contributed by atoms with van der Waals surface area (Å²) in [7, 11) is 0. The van der Waals surface area contributed by atoms with Crippen molar-refractivity contribution >= 4 is 12.0 Å². The number of rotatable bonds is 3. The third-order valence-electron chi connectivity index (χ3n) is 2.01. The summed E-state index contributed by atoms with van der Waals surface area (Å²) >= 11 is 0. The Labute approximate surface area is 77.5 Å². The molecule has 0 saturated carbocycles. The lowest BCUT2D eigenvalue weighted by Crippen LogP contribution is -2.01. The SMILES string of the molecule is C=Cc1c(CC)cccc1C(=O)O. The summed E-state index contributed by atoms with van der Waals surface area (Å²) in [6.07, 6.45) is 2.42. The first-order valence-electron chi connectivity index (χ1n) is 4.18. The van der Waals surface area contributed by atoms with E-state index in [-0.39, 0.29) is 0 Å². The zero-order valence-electron chi connectivity index (χ0n) is 7.58. The fourth-order valence-electron chi connectivity index (χ4n) is 1.35. The molecule has 1 N–H and O–H groups in total. The second kappa shape index (κ2) is 3.90. The van der Waals surface area contributed by atoms with E-state index in [0.717, 1.165) is 17.5 Å². The molecule has 0 aliphatic carbocycles. The maximum atomic E-state index is 10.8. The van der Waals surface area contributed by atoms with Crippen molar-refractivity contribution in [3.63, 3.8) is 0 Å². The van der Waals surface area contributed by atoms with Crippen molar-refractivity contribution in [3.05, 3.63) is 41.5 Å². The van der Waals surface area contributed by atoms with Crippen molar-refractivity contribution in [2.75, 3.05) is 0 Å². The minimum absolute atomic E-state index is 0.328. The number of aryl methyl sites for hydroxylation is 1. The lowest BCUT2D eigenvalue weighted by molar-refractivity contribution is 0.0696. The van der Waals surface area contributed by atoms with Crippen LogP contribution in [0.1, 0.15) is 28.4 Å². The van der Waals surface area contributed by atoms with Crippen LogP contribution in [0, 0.1) is 0 Å². The van der Waals surface area contributed by atoms with Crippen LogP contribution in [0.25, 0.3) is 6.08 Å². The average Bonchev–Trinajstić information content (AvgIpc) is 2.16. The van der Waals surface area contributed by atoms with Gasteiger partial charge in [-0.05, 0) is 23.6 Å². The van der Waals surface area contributed by atoms with Crippen LogP contribution in [-0.2, 0) is 6.42 Å². The minimum Gasteiger partial charge on any atom is -0.478 e. The molecule has 68 valence electrons. The third-order valence-corrected chi connectivity index (χ3v) is 2.01. The second-order valence-electron chi connectivity index (χ2n) is 2.74. The van der Waals surface area contributed by atoms with Crippen LogP contribution in [0.15, 0.2) is 24.8 Å². The van der Waals surface area contributed by atoms with E-state index in [1.54, 1.807) is 18.2 Å². The van der Waals surface area contributed by atoms with E-state index in [4.69, 9.17) is 5.11 Å². The topological polar surface area (TPSA) is 37.3 Å². The highest BCUT2D eigenvalue weighted by Crippen LogP contribution is 2.16. The molecule has 2 nitrogen and oxygen atoms in total. The van der Waals surface area contributed by atoms with Gasteiger partial charge in [0.05, 0.1) is 5.56 Å². The highest BCUT2D eigenvalue weighted by atomic mass is 16.4. The molecular formula is C11H12O2.